The molecule has 1 atom stereocenters. The van der Waals surface area contributed by atoms with Crippen LogP contribution in [0.25, 0.3) is 6.08 Å². The Morgan fingerprint density at radius 2 is 2.06 bits per heavy atom. The SMILES string of the molecule is CC(=O)C(Br)c1cccc(C)c1C=CC(=O)O. The highest BCUT2D eigenvalue weighted by Crippen LogP contribution is 2.29. The zero-order valence-electron chi connectivity index (χ0n) is 9.61. The van der Waals surface area contributed by atoms with Crippen LogP contribution in [0.4, 0.5) is 0 Å². The van der Waals surface area contributed by atoms with Crippen LogP contribution in [0, 0.1) is 6.92 Å². The van der Waals surface area contributed by atoms with Crippen LogP contribution in [0.5, 0.6) is 0 Å². The highest BCUT2D eigenvalue weighted by Gasteiger charge is 2.16. The van der Waals surface area contributed by atoms with Gasteiger partial charge in [-0.3, -0.25) is 4.79 Å². The van der Waals surface area contributed by atoms with Gasteiger partial charge in [-0.05, 0) is 36.6 Å². The molecule has 0 fully saturated rings. The lowest BCUT2D eigenvalue weighted by molar-refractivity contribution is -0.131. The van der Waals surface area contributed by atoms with Crippen LogP contribution >= 0.6 is 15.9 Å². The summed E-state index contributed by atoms with van der Waals surface area (Å²) in [6, 6.07) is 5.54. The summed E-state index contributed by atoms with van der Waals surface area (Å²) >= 11 is 3.31. The summed E-state index contributed by atoms with van der Waals surface area (Å²) in [6.07, 6.45) is 2.59. The average Bonchev–Trinajstić information content (AvgIpc) is 2.25. The van der Waals surface area contributed by atoms with E-state index in [4.69, 9.17) is 5.11 Å². The number of carboxylic acid groups (broad SMARTS) is 1. The molecule has 0 spiro atoms. The minimum absolute atomic E-state index is 0.0134. The van der Waals surface area contributed by atoms with Gasteiger partial charge in [0.05, 0.1) is 4.83 Å². The lowest BCUT2D eigenvalue weighted by atomic mass is 9.98. The van der Waals surface area contributed by atoms with Crippen molar-refractivity contribution in [2.75, 3.05) is 0 Å². The van der Waals surface area contributed by atoms with Crippen molar-refractivity contribution in [1.29, 1.82) is 0 Å². The summed E-state index contributed by atoms with van der Waals surface area (Å²) in [5.41, 5.74) is 2.49. The van der Waals surface area contributed by atoms with E-state index in [0.717, 1.165) is 22.8 Å². The lowest BCUT2D eigenvalue weighted by Gasteiger charge is -2.12. The first-order chi connectivity index (χ1) is 7.93. The maximum Gasteiger partial charge on any atom is 0.328 e. The fourth-order valence-corrected chi connectivity index (χ4v) is 1.92. The molecule has 0 saturated heterocycles. The summed E-state index contributed by atoms with van der Waals surface area (Å²) in [4.78, 5) is 21.5. The fourth-order valence-electron chi connectivity index (χ4n) is 1.53. The molecule has 1 rings (SSSR count). The van der Waals surface area contributed by atoms with Gasteiger partial charge in [-0.1, -0.05) is 34.1 Å². The molecule has 1 N–H and O–H groups in total. The number of halogens is 1. The Balaban J connectivity index is 3.26. The third kappa shape index (κ3) is 3.53. The second-order valence-electron chi connectivity index (χ2n) is 3.72. The smallest absolute Gasteiger partial charge is 0.328 e. The van der Waals surface area contributed by atoms with Gasteiger partial charge in [-0.25, -0.2) is 4.79 Å². The Morgan fingerprint density at radius 3 is 2.59 bits per heavy atom. The first-order valence-electron chi connectivity index (χ1n) is 5.08. The first-order valence-corrected chi connectivity index (χ1v) is 6.00. The monoisotopic (exact) mass is 296 g/mol. The Hall–Kier alpha value is -1.42. The molecule has 4 heteroatoms. The number of hydrogen-bond acceptors (Lipinski definition) is 2. The van der Waals surface area contributed by atoms with Crippen LogP contribution in [0.3, 0.4) is 0 Å². The number of hydrogen-bond donors (Lipinski definition) is 1. The third-order valence-electron chi connectivity index (χ3n) is 2.38. The zero-order valence-corrected chi connectivity index (χ0v) is 11.2. The molecule has 0 aliphatic heterocycles. The van der Waals surface area contributed by atoms with E-state index in [1.54, 1.807) is 0 Å². The molecule has 1 unspecified atom stereocenters. The predicted octanol–water partition coefficient (Wildman–Crippen LogP) is 3.12. The Labute approximate surface area is 108 Å². The standard InChI is InChI=1S/C13H13BrO3/c1-8-4-3-5-11(13(14)9(2)15)10(8)6-7-12(16)17/h3-7,13H,1-2H3,(H,16,17). The van der Waals surface area contributed by atoms with Gasteiger partial charge >= 0.3 is 5.97 Å². The van der Waals surface area contributed by atoms with E-state index in [1.165, 1.54) is 13.0 Å². The predicted molar refractivity (Wildman–Crippen MR) is 70.2 cm³/mol. The number of ketones is 1. The molecule has 0 radical (unpaired) electrons. The molecule has 17 heavy (non-hydrogen) atoms. The normalized spacial score (nSPS) is 12.6. The van der Waals surface area contributed by atoms with E-state index in [-0.39, 0.29) is 5.78 Å². The summed E-state index contributed by atoms with van der Waals surface area (Å²) < 4.78 is 0. The van der Waals surface area contributed by atoms with Crippen LogP contribution in [0.1, 0.15) is 28.4 Å². The molecule has 1 aromatic rings. The van der Waals surface area contributed by atoms with E-state index in [0.29, 0.717) is 0 Å². The van der Waals surface area contributed by atoms with E-state index in [2.05, 4.69) is 15.9 Å². The number of benzene rings is 1. The summed E-state index contributed by atoms with van der Waals surface area (Å²) in [5, 5.41) is 8.64. The van der Waals surface area contributed by atoms with Crippen molar-refractivity contribution in [2.45, 2.75) is 18.7 Å². The topological polar surface area (TPSA) is 54.4 Å². The summed E-state index contributed by atoms with van der Waals surface area (Å²) in [6.45, 7) is 3.37. The Morgan fingerprint density at radius 1 is 1.41 bits per heavy atom. The molecule has 0 heterocycles. The maximum atomic E-state index is 11.4. The maximum absolute atomic E-state index is 11.4. The van der Waals surface area contributed by atoms with Crippen molar-refractivity contribution < 1.29 is 14.7 Å². The highest BCUT2D eigenvalue weighted by molar-refractivity contribution is 9.09. The van der Waals surface area contributed by atoms with Crippen molar-refractivity contribution >= 4 is 33.8 Å². The van der Waals surface area contributed by atoms with Gasteiger partial charge in [0.2, 0.25) is 0 Å². The first kappa shape index (κ1) is 13.6. The number of carbonyl (C=O) groups is 2. The second kappa shape index (κ2) is 5.77. The van der Waals surface area contributed by atoms with Crippen LogP contribution in [-0.2, 0) is 9.59 Å². The second-order valence-corrected chi connectivity index (χ2v) is 4.64. The van der Waals surface area contributed by atoms with Crippen LogP contribution in [0.15, 0.2) is 24.3 Å². The highest BCUT2D eigenvalue weighted by atomic mass is 79.9. The van der Waals surface area contributed by atoms with E-state index >= 15 is 0 Å². The Kier molecular flexibility index (Phi) is 4.63. The number of carbonyl (C=O) groups excluding carboxylic acids is 1. The number of rotatable bonds is 4. The zero-order chi connectivity index (χ0) is 13.0. The quantitative estimate of drug-likeness (QED) is 0.686. The van der Waals surface area contributed by atoms with Gasteiger partial charge in [0.25, 0.3) is 0 Å². The van der Waals surface area contributed by atoms with Gasteiger partial charge in [-0.2, -0.15) is 0 Å². The summed E-state index contributed by atoms with van der Waals surface area (Å²) in [7, 11) is 0. The van der Waals surface area contributed by atoms with Gasteiger partial charge < -0.3 is 5.11 Å². The molecule has 3 nitrogen and oxygen atoms in total. The minimum atomic E-state index is -1.01. The van der Waals surface area contributed by atoms with Gasteiger partial charge in [0, 0.05) is 6.08 Å². The van der Waals surface area contributed by atoms with E-state index < -0.39 is 10.8 Å². The van der Waals surface area contributed by atoms with Crippen molar-refractivity contribution in [2.24, 2.45) is 0 Å². The lowest BCUT2D eigenvalue weighted by Crippen LogP contribution is -2.04. The van der Waals surface area contributed by atoms with Gasteiger partial charge in [-0.15, -0.1) is 0 Å². The molecule has 0 bridgehead atoms. The molecule has 0 amide bonds. The molecule has 90 valence electrons. The van der Waals surface area contributed by atoms with Crippen molar-refractivity contribution in [3.8, 4) is 0 Å². The molecule has 0 aliphatic carbocycles. The molecular weight excluding hydrogens is 284 g/mol. The number of aryl methyl sites for hydroxylation is 1. The third-order valence-corrected chi connectivity index (χ3v) is 3.52. The van der Waals surface area contributed by atoms with E-state index in [1.807, 2.05) is 25.1 Å². The van der Waals surface area contributed by atoms with E-state index in [9.17, 15) is 9.59 Å². The number of aliphatic carboxylic acids is 1. The Bertz CT molecular complexity index is 478. The van der Waals surface area contributed by atoms with Crippen LogP contribution in [0.2, 0.25) is 0 Å². The van der Waals surface area contributed by atoms with Gasteiger partial charge in [0.1, 0.15) is 5.78 Å². The fraction of sp³-hybridized carbons (Fsp3) is 0.231. The number of alkyl halides is 1. The summed E-state index contributed by atoms with van der Waals surface area (Å²) in [5.74, 6) is -1.02. The largest absolute Gasteiger partial charge is 0.478 e. The molecule has 0 aromatic heterocycles. The number of carboxylic acids is 1. The molecule has 0 aliphatic rings. The van der Waals surface area contributed by atoms with Crippen LogP contribution in [-0.4, -0.2) is 16.9 Å². The molecular formula is C13H13BrO3. The number of Topliss-reactive ketones (excluding diaryl/α,β-unsaturated/α-hetero) is 1. The molecule has 0 saturated carbocycles. The average molecular weight is 297 g/mol. The molecule has 1 aromatic carbocycles. The minimum Gasteiger partial charge on any atom is -0.478 e. The van der Waals surface area contributed by atoms with Crippen molar-refractivity contribution in [3.63, 3.8) is 0 Å². The van der Waals surface area contributed by atoms with Crippen LogP contribution < -0.4 is 0 Å². The van der Waals surface area contributed by atoms with Crippen molar-refractivity contribution in [3.05, 3.63) is 41.0 Å². The van der Waals surface area contributed by atoms with Gasteiger partial charge in [0.15, 0.2) is 0 Å². The van der Waals surface area contributed by atoms with Crippen molar-refractivity contribution in [1.82, 2.24) is 0 Å².